The van der Waals surface area contributed by atoms with E-state index in [1.807, 2.05) is 6.92 Å². The third kappa shape index (κ3) is 2.72. The lowest BCUT2D eigenvalue weighted by Crippen LogP contribution is -2.45. The SMILES string of the molecule is CCCC(=O)OC1C2CC3C1OC(=O)C3C2C(=O)OC(C)(C)C. The van der Waals surface area contributed by atoms with Crippen molar-refractivity contribution >= 4 is 17.9 Å². The molecule has 2 saturated carbocycles. The van der Waals surface area contributed by atoms with E-state index in [-0.39, 0.29) is 29.7 Å². The van der Waals surface area contributed by atoms with Crippen LogP contribution in [0.1, 0.15) is 47.0 Å². The van der Waals surface area contributed by atoms with Crippen LogP contribution in [-0.4, -0.2) is 35.7 Å². The second-order valence-corrected chi connectivity index (χ2v) is 7.75. The molecule has 128 valence electrons. The summed E-state index contributed by atoms with van der Waals surface area (Å²) in [6, 6.07) is 0. The predicted molar refractivity (Wildman–Crippen MR) is 79.1 cm³/mol. The van der Waals surface area contributed by atoms with E-state index in [0.29, 0.717) is 19.3 Å². The van der Waals surface area contributed by atoms with E-state index in [4.69, 9.17) is 14.2 Å². The number of esters is 3. The number of rotatable bonds is 4. The molecular weight excluding hydrogens is 300 g/mol. The maximum Gasteiger partial charge on any atom is 0.310 e. The molecule has 1 saturated heterocycles. The van der Waals surface area contributed by atoms with Crippen molar-refractivity contribution in [3.05, 3.63) is 0 Å². The Hall–Kier alpha value is -1.59. The van der Waals surface area contributed by atoms with Gasteiger partial charge in [-0.2, -0.15) is 0 Å². The van der Waals surface area contributed by atoms with Crippen molar-refractivity contribution in [1.82, 2.24) is 0 Å². The molecule has 6 unspecified atom stereocenters. The molecule has 2 aliphatic carbocycles. The summed E-state index contributed by atoms with van der Waals surface area (Å²) in [5.74, 6) is -2.27. The molecule has 3 fully saturated rings. The molecule has 2 bridgehead atoms. The van der Waals surface area contributed by atoms with Crippen molar-refractivity contribution in [1.29, 1.82) is 0 Å². The number of hydrogen-bond acceptors (Lipinski definition) is 6. The fourth-order valence-corrected chi connectivity index (χ4v) is 4.25. The van der Waals surface area contributed by atoms with Gasteiger partial charge in [-0.05, 0) is 33.6 Å². The van der Waals surface area contributed by atoms with Crippen LogP contribution in [0.5, 0.6) is 0 Å². The lowest BCUT2D eigenvalue weighted by atomic mass is 9.78. The second kappa shape index (κ2) is 5.49. The van der Waals surface area contributed by atoms with E-state index in [1.165, 1.54) is 0 Å². The summed E-state index contributed by atoms with van der Waals surface area (Å²) in [4.78, 5) is 36.6. The molecule has 23 heavy (non-hydrogen) atoms. The summed E-state index contributed by atoms with van der Waals surface area (Å²) in [6.45, 7) is 7.29. The molecule has 3 rings (SSSR count). The number of hydrogen-bond donors (Lipinski definition) is 0. The molecule has 6 atom stereocenters. The van der Waals surface area contributed by atoms with E-state index >= 15 is 0 Å². The van der Waals surface area contributed by atoms with Crippen molar-refractivity contribution in [3.8, 4) is 0 Å². The van der Waals surface area contributed by atoms with Crippen molar-refractivity contribution in [3.63, 3.8) is 0 Å². The molecule has 0 N–H and O–H groups in total. The zero-order valence-corrected chi connectivity index (χ0v) is 14.0. The normalized spacial score (nSPS) is 37.7. The number of carbonyl (C=O) groups is 3. The van der Waals surface area contributed by atoms with Gasteiger partial charge < -0.3 is 14.2 Å². The predicted octanol–water partition coefficient (Wildman–Crippen LogP) is 1.85. The smallest absolute Gasteiger partial charge is 0.310 e. The minimum absolute atomic E-state index is 0.0376. The van der Waals surface area contributed by atoms with Gasteiger partial charge in [0, 0.05) is 18.3 Å². The summed E-state index contributed by atoms with van der Waals surface area (Å²) in [6.07, 6.45) is 0.795. The Morgan fingerprint density at radius 3 is 2.57 bits per heavy atom. The van der Waals surface area contributed by atoms with Gasteiger partial charge in [-0.15, -0.1) is 0 Å². The summed E-state index contributed by atoms with van der Waals surface area (Å²) >= 11 is 0. The van der Waals surface area contributed by atoms with Crippen LogP contribution in [0.25, 0.3) is 0 Å². The Morgan fingerprint density at radius 2 is 1.96 bits per heavy atom. The highest BCUT2D eigenvalue weighted by Crippen LogP contribution is 2.59. The third-order valence-electron chi connectivity index (χ3n) is 4.95. The third-order valence-corrected chi connectivity index (χ3v) is 4.95. The first-order valence-corrected chi connectivity index (χ1v) is 8.35. The maximum atomic E-state index is 12.6. The van der Waals surface area contributed by atoms with Gasteiger partial charge in [-0.3, -0.25) is 14.4 Å². The zero-order chi connectivity index (χ0) is 16.9. The Bertz CT molecular complexity index is 534. The van der Waals surface area contributed by atoms with Crippen LogP contribution in [0.2, 0.25) is 0 Å². The van der Waals surface area contributed by atoms with Crippen LogP contribution in [-0.2, 0) is 28.6 Å². The average molecular weight is 324 g/mol. The molecule has 0 radical (unpaired) electrons. The fourth-order valence-electron chi connectivity index (χ4n) is 4.25. The minimum Gasteiger partial charge on any atom is -0.460 e. The molecule has 0 aromatic heterocycles. The summed E-state index contributed by atoms with van der Waals surface area (Å²) in [5, 5.41) is 0. The van der Waals surface area contributed by atoms with Crippen LogP contribution in [0.3, 0.4) is 0 Å². The number of ether oxygens (including phenoxy) is 3. The highest BCUT2D eigenvalue weighted by molar-refractivity contribution is 5.86. The van der Waals surface area contributed by atoms with Gasteiger partial charge in [0.25, 0.3) is 0 Å². The molecular formula is C17H24O6. The molecule has 0 aromatic rings. The van der Waals surface area contributed by atoms with Gasteiger partial charge in [0.05, 0.1) is 11.8 Å². The van der Waals surface area contributed by atoms with Gasteiger partial charge >= 0.3 is 17.9 Å². The van der Waals surface area contributed by atoms with Crippen molar-refractivity contribution in [2.75, 3.05) is 0 Å². The lowest BCUT2D eigenvalue weighted by Gasteiger charge is -2.32. The molecule has 1 heterocycles. The first-order chi connectivity index (χ1) is 10.7. The maximum absolute atomic E-state index is 12.6. The van der Waals surface area contributed by atoms with Crippen LogP contribution in [0.4, 0.5) is 0 Å². The standard InChI is InChI=1S/C17H24O6/c1-5-6-10(18)21-13-9-7-8-11(15(19)22-14(8)13)12(9)16(20)23-17(2,3)4/h8-9,11-14H,5-7H2,1-4H3. The Kier molecular flexibility index (Phi) is 3.89. The fraction of sp³-hybridized carbons (Fsp3) is 0.824. The molecule has 0 aromatic carbocycles. The van der Waals surface area contributed by atoms with E-state index in [2.05, 4.69) is 0 Å². The Morgan fingerprint density at radius 1 is 1.26 bits per heavy atom. The molecule has 0 amide bonds. The highest BCUT2D eigenvalue weighted by atomic mass is 16.6. The Labute approximate surface area is 135 Å². The summed E-state index contributed by atoms with van der Waals surface area (Å²) in [7, 11) is 0. The second-order valence-electron chi connectivity index (χ2n) is 7.75. The van der Waals surface area contributed by atoms with Crippen molar-refractivity contribution < 1.29 is 28.6 Å². The lowest BCUT2D eigenvalue weighted by molar-refractivity contribution is -0.171. The van der Waals surface area contributed by atoms with Crippen LogP contribution < -0.4 is 0 Å². The molecule has 6 heteroatoms. The van der Waals surface area contributed by atoms with Crippen LogP contribution in [0, 0.1) is 23.7 Å². The van der Waals surface area contributed by atoms with E-state index in [1.54, 1.807) is 20.8 Å². The van der Waals surface area contributed by atoms with Gasteiger partial charge in [0.15, 0.2) is 0 Å². The summed E-state index contributed by atoms with van der Waals surface area (Å²) in [5.41, 5.74) is -0.616. The van der Waals surface area contributed by atoms with Crippen molar-refractivity contribution in [2.45, 2.75) is 64.8 Å². The van der Waals surface area contributed by atoms with Gasteiger partial charge in [-0.25, -0.2) is 0 Å². The van der Waals surface area contributed by atoms with Crippen LogP contribution in [0.15, 0.2) is 0 Å². The van der Waals surface area contributed by atoms with Gasteiger partial charge in [-0.1, -0.05) is 6.92 Å². The Balaban J connectivity index is 1.80. The molecule has 6 nitrogen and oxygen atoms in total. The topological polar surface area (TPSA) is 78.9 Å². The number of fused-ring (bicyclic) bond motifs is 1. The quantitative estimate of drug-likeness (QED) is 0.580. The first kappa shape index (κ1) is 16.3. The minimum atomic E-state index is -0.616. The van der Waals surface area contributed by atoms with Crippen LogP contribution >= 0.6 is 0 Å². The number of carbonyl (C=O) groups excluding carboxylic acids is 3. The van der Waals surface area contributed by atoms with Gasteiger partial charge in [0.2, 0.25) is 0 Å². The van der Waals surface area contributed by atoms with E-state index in [9.17, 15) is 14.4 Å². The van der Waals surface area contributed by atoms with E-state index < -0.39 is 29.6 Å². The van der Waals surface area contributed by atoms with E-state index in [0.717, 1.165) is 0 Å². The summed E-state index contributed by atoms with van der Waals surface area (Å²) < 4.78 is 16.5. The zero-order valence-electron chi connectivity index (χ0n) is 14.0. The largest absolute Gasteiger partial charge is 0.460 e. The first-order valence-electron chi connectivity index (χ1n) is 8.35. The molecule has 0 spiro atoms. The molecule has 3 aliphatic rings. The average Bonchev–Trinajstić information content (AvgIpc) is 3.00. The van der Waals surface area contributed by atoms with Gasteiger partial charge in [0.1, 0.15) is 17.8 Å². The molecule has 1 aliphatic heterocycles. The monoisotopic (exact) mass is 324 g/mol. The van der Waals surface area contributed by atoms with Crippen molar-refractivity contribution in [2.24, 2.45) is 23.7 Å². The highest BCUT2D eigenvalue weighted by Gasteiger charge is 2.70.